The first-order chi connectivity index (χ1) is 15.9. The first kappa shape index (κ1) is 19.7. The molecule has 1 unspecified atom stereocenters. The van der Waals surface area contributed by atoms with E-state index in [0.29, 0.717) is 24.4 Å². The zero-order valence-electron chi connectivity index (χ0n) is 17.5. The molecular weight excluding hydrogens is 431 g/mol. The predicted octanol–water partition coefficient (Wildman–Crippen LogP) is 5.44. The van der Waals surface area contributed by atoms with Crippen LogP contribution in [-0.2, 0) is 6.42 Å². The van der Waals surface area contributed by atoms with Gasteiger partial charge in [0.1, 0.15) is 23.2 Å². The van der Waals surface area contributed by atoms with Crippen LogP contribution < -0.4 is 9.64 Å². The van der Waals surface area contributed by atoms with Crippen LogP contribution in [0.2, 0.25) is 0 Å². The van der Waals surface area contributed by atoms with Crippen molar-refractivity contribution in [2.75, 3.05) is 18.6 Å². The van der Waals surface area contributed by atoms with Crippen molar-refractivity contribution in [3.63, 3.8) is 0 Å². The fourth-order valence-electron chi connectivity index (χ4n) is 4.99. The highest BCUT2D eigenvalue weighted by Crippen LogP contribution is 2.48. The summed E-state index contributed by atoms with van der Waals surface area (Å²) in [7, 11) is 1.60. The van der Waals surface area contributed by atoms with Gasteiger partial charge >= 0.3 is 0 Å². The standard InChI is InChI=1S/C25H18F3N3O2/c1-33-17-3-4-21-19(12-17)18-6-7-30-24(23(18)29-21)31(16-9-14(27)8-15(28)10-16)22-5-2-13(26)11-20(22)25(30)32/h2-5,8-12,24,29H,6-7H2,1H3. The van der Waals surface area contributed by atoms with Gasteiger partial charge in [-0.3, -0.25) is 4.79 Å². The maximum atomic E-state index is 14.2. The van der Waals surface area contributed by atoms with Gasteiger partial charge in [-0.1, -0.05) is 0 Å². The number of carbonyl (C=O) groups is 1. The molecule has 8 heteroatoms. The largest absolute Gasteiger partial charge is 0.497 e. The summed E-state index contributed by atoms with van der Waals surface area (Å²) in [5.41, 5.74) is 3.38. The Morgan fingerprint density at radius 3 is 2.52 bits per heavy atom. The average molecular weight is 449 g/mol. The maximum absolute atomic E-state index is 14.2. The second-order valence-electron chi connectivity index (χ2n) is 8.21. The minimum Gasteiger partial charge on any atom is -0.497 e. The molecule has 4 aromatic rings. The highest BCUT2D eigenvalue weighted by molar-refractivity contribution is 6.04. The Morgan fingerprint density at radius 2 is 1.76 bits per heavy atom. The minimum absolute atomic E-state index is 0.150. The number of halogens is 3. The molecule has 0 spiro atoms. The molecule has 2 aliphatic rings. The second kappa shape index (κ2) is 7.03. The molecule has 5 nitrogen and oxygen atoms in total. The van der Waals surface area contributed by atoms with Crippen LogP contribution >= 0.6 is 0 Å². The summed E-state index contributed by atoms with van der Waals surface area (Å²) in [5.74, 6) is -1.66. The SMILES string of the molecule is COc1ccc2[nH]c3c(c2c1)CCN1C(=O)c2cc(F)ccc2N(c2cc(F)cc(F)c2)C31. The Labute approximate surface area is 187 Å². The lowest BCUT2D eigenvalue weighted by atomic mass is 9.95. The summed E-state index contributed by atoms with van der Waals surface area (Å²) >= 11 is 0. The second-order valence-corrected chi connectivity index (χ2v) is 8.21. The Kier molecular flexibility index (Phi) is 4.20. The average Bonchev–Trinajstić information content (AvgIpc) is 3.17. The Bertz CT molecular complexity index is 1430. The van der Waals surface area contributed by atoms with Crippen molar-refractivity contribution in [1.82, 2.24) is 9.88 Å². The third kappa shape index (κ3) is 2.90. The number of rotatable bonds is 2. The molecule has 2 aliphatic heterocycles. The number of aromatic amines is 1. The van der Waals surface area contributed by atoms with Crippen LogP contribution in [0.5, 0.6) is 5.75 Å². The maximum Gasteiger partial charge on any atom is 0.258 e. The van der Waals surface area contributed by atoms with Gasteiger partial charge in [0.05, 0.1) is 24.1 Å². The van der Waals surface area contributed by atoms with Crippen molar-refractivity contribution in [2.45, 2.75) is 12.6 Å². The van der Waals surface area contributed by atoms with Crippen molar-refractivity contribution in [3.8, 4) is 5.75 Å². The summed E-state index contributed by atoms with van der Waals surface area (Å²) in [6, 6.07) is 12.8. The van der Waals surface area contributed by atoms with Crippen molar-refractivity contribution < 1.29 is 22.7 Å². The zero-order chi connectivity index (χ0) is 22.9. The predicted molar refractivity (Wildman–Crippen MR) is 117 cm³/mol. The number of hydrogen-bond donors (Lipinski definition) is 1. The number of aromatic nitrogens is 1. The Hall–Kier alpha value is -3.94. The van der Waals surface area contributed by atoms with E-state index in [0.717, 1.165) is 28.2 Å². The van der Waals surface area contributed by atoms with E-state index in [4.69, 9.17) is 4.74 Å². The number of amides is 1. The normalized spacial score (nSPS) is 17.1. The highest BCUT2D eigenvalue weighted by Gasteiger charge is 2.44. The quantitative estimate of drug-likeness (QED) is 0.443. The number of fused-ring (bicyclic) bond motifs is 6. The monoisotopic (exact) mass is 449 g/mol. The molecule has 166 valence electrons. The van der Waals surface area contributed by atoms with E-state index < -0.39 is 23.6 Å². The molecule has 3 heterocycles. The number of nitrogens with zero attached hydrogens (tertiary/aromatic N) is 2. The molecule has 0 bridgehead atoms. The fraction of sp³-hybridized carbons (Fsp3) is 0.160. The molecule has 0 fully saturated rings. The minimum atomic E-state index is -0.741. The summed E-state index contributed by atoms with van der Waals surface area (Å²) < 4.78 is 47.9. The molecule has 1 atom stereocenters. The number of nitrogens with one attached hydrogen (secondary N) is 1. The van der Waals surface area contributed by atoms with E-state index in [1.54, 1.807) is 16.9 Å². The number of hydrogen-bond acceptors (Lipinski definition) is 3. The molecule has 0 aliphatic carbocycles. The first-order valence-electron chi connectivity index (χ1n) is 10.5. The summed E-state index contributed by atoms with van der Waals surface area (Å²) in [5, 5.41) is 0.965. The van der Waals surface area contributed by atoms with E-state index in [9.17, 15) is 18.0 Å². The molecule has 1 amide bonds. The van der Waals surface area contributed by atoms with Gasteiger partial charge in [0, 0.05) is 29.2 Å². The molecule has 1 aromatic heterocycles. The van der Waals surface area contributed by atoms with Gasteiger partial charge in [0.2, 0.25) is 0 Å². The topological polar surface area (TPSA) is 48.6 Å². The number of anilines is 2. The number of carbonyl (C=O) groups excluding carboxylic acids is 1. The molecule has 0 saturated heterocycles. The van der Waals surface area contributed by atoms with Gasteiger partial charge < -0.3 is 19.5 Å². The van der Waals surface area contributed by atoms with Crippen molar-refractivity contribution in [1.29, 1.82) is 0 Å². The fourth-order valence-corrected chi connectivity index (χ4v) is 4.99. The third-order valence-corrected chi connectivity index (χ3v) is 6.38. The van der Waals surface area contributed by atoms with Crippen molar-refractivity contribution in [3.05, 3.63) is 88.9 Å². The number of ether oxygens (including phenoxy) is 1. The first-order valence-corrected chi connectivity index (χ1v) is 10.5. The highest BCUT2D eigenvalue weighted by atomic mass is 19.1. The van der Waals surface area contributed by atoms with Gasteiger partial charge in [-0.25, -0.2) is 13.2 Å². The van der Waals surface area contributed by atoms with Gasteiger partial charge in [-0.2, -0.15) is 0 Å². The van der Waals surface area contributed by atoms with Crippen molar-refractivity contribution >= 4 is 28.2 Å². The van der Waals surface area contributed by atoms with Crippen LogP contribution in [0, 0.1) is 17.5 Å². The van der Waals surface area contributed by atoms with Gasteiger partial charge in [-0.15, -0.1) is 0 Å². The van der Waals surface area contributed by atoms with Crippen LogP contribution in [0.4, 0.5) is 24.5 Å². The molecule has 0 saturated carbocycles. The van der Waals surface area contributed by atoms with Gasteiger partial charge in [0.25, 0.3) is 5.91 Å². The van der Waals surface area contributed by atoms with E-state index in [1.165, 1.54) is 30.3 Å². The lowest BCUT2D eigenvalue weighted by Crippen LogP contribution is -2.50. The number of methoxy groups -OCH3 is 1. The molecule has 6 rings (SSSR count). The van der Waals surface area contributed by atoms with Crippen LogP contribution in [0.3, 0.4) is 0 Å². The summed E-state index contributed by atoms with van der Waals surface area (Å²) in [6.45, 7) is 0.366. The van der Waals surface area contributed by atoms with E-state index in [-0.39, 0.29) is 17.2 Å². The lowest BCUT2D eigenvalue weighted by molar-refractivity contribution is 0.0641. The van der Waals surface area contributed by atoms with Crippen LogP contribution in [0.1, 0.15) is 27.8 Å². The Balaban J connectivity index is 1.63. The van der Waals surface area contributed by atoms with E-state index >= 15 is 0 Å². The summed E-state index contributed by atoms with van der Waals surface area (Å²) in [4.78, 5) is 20.1. The molecule has 0 radical (unpaired) electrons. The zero-order valence-corrected chi connectivity index (χ0v) is 17.5. The number of H-pyrrole nitrogens is 1. The molecule has 33 heavy (non-hydrogen) atoms. The third-order valence-electron chi connectivity index (χ3n) is 6.38. The molecular formula is C25H18F3N3O2. The van der Waals surface area contributed by atoms with Gasteiger partial charge in [-0.05, 0) is 60.5 Å². The van der Waals surface area contributed by atoms with Crippen LogP contribution in [-0.4, -0.2) is 29.4 Å². The van der Waals surface area contributed by atoms with E-state index in [2.05, 4.69) is 4.98 Å². The molecule has 3 aromatic carbocycles. The van der Waals surface area contributed by atoms with Crippen LogP contribution in [0.25, 0.3) is 10.9 Å². The summed E-state index contributed by atoms with van der Waals surface area (Å²) in [6.07, 6.45) is -0.111. The van der Waals surface area contributed by atoms with Crippen LogP contribution in [0.15, 0.2) is 54.6 Å². The number of benzene rings is 3. The van der Waals surface area contributed by atoms with E-state index in [1.807, 2.05) is 18.2 Å². The lowest BCUT2D eigenvalue weighted by Gasteiger charge is -2.47. The van der Waals surface area contributed by atoms with Crippen molar-refractivity contribution in [2.24, 2.45) is 0 Å². The van der Waals surface area contributed by atoms with Gasteiger partial charge in [0.15, 0.2) is 6.17 Å². The smallest absolute Gasteiger partial charge is 0.258 e. The Morgan fingerprint density at radius 1 is 0.970 bits per heavy atom. The molecule has 1 N–H and O–H groups in total.